The standard InChI is InChI=1S/C13H10N2O2S/c14-10-15-18(16,17)13-8-6-12(7-9-13)11-4-2-1-3-5-11/h1-9,15H. The third kappa shape index (κ3) is 2.50. The van der Waals surface area contributed by atoms with Crippen molar-refractivity contribution in [3.63, 3.8) is 0 Å². The zero-order valence-electron chi connectivity index (χ0n) is 9.37. The first-order valence-corrected chi connectivity index (χ1v) is 6.68. The maximum Gasteiger partial charge on any atom is 0.270 e. The lowest BCUT2D eigenvalue weighted by molar-refractivity contribution is 0.591. The van der Waals surface area contributed by atoms with Gasteiger partial charge in [0.1, 0.15) is 0 Å². The van der Waals surface area contributed by atoms with Crippen LogP contribution in [0.5, 0.6) is 0 Å². The van der Waals surface area contributed by atoms with Crippen molar-refractivity contribution in [1.82, 2.24) is 4.72 Å². The van der Waals surface area contributed by atoms with Crippen LogP contribution in [0.1, 0.15) is 0 Å². The smallest absolute Gasteiger partial charge is 0.215 e. The zero-order chi connectivity index (χ0) is 13.0. The van der Waals surface area contributed by atoms with Gasteiger partial charge in [-0.25, -0.2) is 13.1 Å². The molecule has 0 saturated carbocycles. The molecule has 0 unspecified atom stereocenters. The van der Waals surface area contributed by atoms with E-state index in [1.807, 2.05) is 30.3 Å². The van der Waals surface area contributed by atoms with Crippen LogP contribution in [0.15, 0.2) is 59.5 Å². The maximum absolute atomic E-state index is 11.5. The van der Waals surface area contributed by atoms with E-state index < -0.39 is 10.0 Å². The van der Waals surface area contributed by atoms with Gasteiger partial charge in [0.15, 0.2) is 6.19 Å². The summed E-state index contributed by atoms with van der Waals surface area (Å²) < 4.78 is 24.9. The Morgan fingerprint density at radius 2 is 1.44 bits per heavy atom. The Labute approximate surface area is 106 Å². The summed E-state index contributed by atoms with van der Waals surface area (Å²) in [6, 6.07) is 16.0. The molecule has 0 bridgehead atoms. The zero-order valence-corrected chi connectivity index (χ0v) is 10.2. The second kappa shape index (κ2) is 4.90. The van der Waals surface area contributed by atoms with E-state index in [0.717, 1.165) is 11.1 Å². The molecule has 18 heavy (non-hydrogen) atoms. The fourth-order valence-electron chi connectivity index (χ4n) is 1.58. The van der Waals surface area contributed by atoms with Gasteiger partial charge in [-0.05, 0) is 23.3 Å². The molecule has 0 amide bonds. The largest absolute Gasteiger partial charge is 0.270 e. The molecule has 0 saturated heterocycles. The molecule has 0 spiro atoms. The lowest BCUT2D eigenvalue weighted by Gasteiger charge is -2.04. The normalized spacial score (nSPS) is 10.6. The Hall–Kier alpha value is -2.32. The quantitative estimate of drug-likeness (QED) is 0.677. The van der Waals surface area contributed by atoms with Gasteiger partial charge >= 0.3 is 0 Å². The van der Waals surface area contributed by atoms with E-state index in [0.29, 0.717) is 0 Å². The number of nitrogens with zero attached hydrogens (tertiary/aromatic N) is 1. The van der Waals surface area contributed by atoms with Crippen molar-refractivity contribution in [1.29, 1.82) is 5.26 Å². The third-order valence-corrected chi connectivity index (χ3v) is 3.70. The maximum atomic E-state index is 11.5. The van der Waals surface area contributed by atoms with Crippen LogP contribution in [0.4, 0.5) is 0 Å². The number of benzene rings is 2. The van der Waals surface area contributed by atoms with Gasteiger partial charge in [0.25, 0.3) is 10.0 Å². The molecule has 0 aliphatic heterocycles. The van der Waals surface area contributed by atoms with E-state index in [-0.39, 0.29) is 4.90 Å². The van der Waals surface area contributed by atoms with Crippen molar-refractivity contribution < 1.29 is 8.42 Å². The number of rotatable bonds is 3. The first-order valence-electron chi connectivity index (χ1n) is 5.20. The van der Waals surface area contributed by atoms with Crippen molar-refractivity contribution in [3.05, 3.63) is 54.6 Å². The summed E-state index contributed by atoms with van der Waals surface area (Å²) in [5.41, 5.74) is 1.93. The van der Waals surface area contributed by atoms with Crippen LogP contribution < -0.4 is 4.72 Å². The second-order valence-corrected chi connectivity index (χ2v) is 5.29. The summed E-state index contributed by atoms with van der Waals surface area (Å²) in [6.45, 7) is 0. The van der Waals surface area contributed by atoms with Gasteiger partial charge < -0.3 is 0 Å². The fourth-order valence-corrected chi connectivity index (χ4v) is 2.31. The molecule has 0 radical (unpaired) electrons. The van der Waals surface area contributed by atoms with E-state index in [1.165, 1.54) is 18.3 Å². The molecular weight excluding hydrogens is 248 g/mol. The van der Waals surface area contributed by atoms with Crippen molar-refractivity contribution in [3.8, 4) is 17.3 Å². The first-order chi connectivity index (χ1) is 8.63. The monoisotopic (exact) mass is 258 g/mol. The average molecular weight is 258 g/mol. The molecule has 2 rings (SSSR count). The average Bonchev–Trinajstić information content (AvgIpc) is 2.40. The minimum Gasteiger partial charge on any atom is -0.215 e. The topological polar surface area (TPSA) is 70.0 Å². The SMILES string of the molecule is N#CNS(=O)(=O)c1ccc(-c2ccccc2)cc1. The highest BCUT2D eigenvalue weighted by Crippen LogP contribution is 2.20. The van der Waals surface area contributed by atoms with Crippen LogP contribution in [-0.4, -0.2) is 8.42 Å². The van der Waals surface area contributed by atoms with Gasteiger partial charge in [0.05, 0.1) is 4.90 Å². The molecule has 0 aliphatic rings. The molecule has 0 atom stereocenters. The Balaban J connectivity index is 2.35. The summed E-state index contributed by atoms with van der Waals surface area (Å²) >= 11 is 0. The van der Waals surface area contributed by atoms with E-state index in [4.69, 9.17) is 5.26 Å². The van der Waals surface area contributed by atoms with Crippen LogP contribution in [0.2, 0.25) is 0 Å². The predicted molar refractivity (Wildman–Crippen MR) is 67.8 cm³/mol. The van der Waals surface area contributed by atoms with Crippen LogP contribution in [0.3, 0.4) is 0 Å². The number of nitrogens with one attached hydrogen (secondary N) is 1. The number of hydrogen-bond acceptors (Lipinski definition) is 3. The third-order valence-electron chi connectivity index (χ3n) is 2.45. The molecule has 4 nitrogen and oxygen atoms in total. The van der Waals surface area contributed by atoms with Crippen LogP contribution in [0, 0.1) is 11.5 Å². The molecule has 5 heteroatoms. The van der Waals surface area contributed by atoms with Crippen molar-refractivity contribution in [2.24, 2.45) is 0 Å². The Bertz CT molecular complexity index is 671. The Kier molecular flexibility index (Phi) is 3.31. The van der Waals surface area contributed by atoms with Crippen LogP contribution in [0.25, 0.3) is 11.1 Å². The summed E-state index contributed by atoms with van der Waals surface area (Å²) in [7, 11) is -3.72. The van der Waals surface area contributed by atoms with Gasteiger partial charge in [-0.1, -0.05) is 42.5 Å². The highest BCUT2D eigenvalue weighted by Gasteiger charge is 2.12. The second-order valence-electron chi connectivity index (χ2n) is 3.61. The highest BCUT2D eigenvalue weighted by atomic mass is 32.2. The van der Waals surface area contributed by atoms with E-state index in [2.05, 4.69) is 0 Å². The van der Waals surface area contributed by atoms with Gasteiger partial charge in [-0.15, -0.1) is 0 Å². The Morgan fingerprint density at radius 1 is 0.889 bits per heavy atom. The molecule has 0 aliphatic carbocycles. The molecule has 90 valence electrons. The molecule has 1 N–H and O–H groups in total. The minimum atomic E-state index is -3.72. The summed E-state index contributed by atoms with van der Waals surface area (Å²) in [4.78, 5) is 0.0729. The van der Waals surface area contributed by atoms with Crippen molar-refractivity contribution >= 4 is 10.0 Å². The fraction of sp³-hybridized carbons (Fsp3) is 0. The van der Waals surface area contributed by atoms with E-state index in [1.54, 1.807) is 16.9 Å². The summed E-state index contributed by atoms with van der Waals surface area (Å²) in [5.74, 6) is 0. The number of nitriles is 1. The summed E-state index contributed by atoms with van der Waals surface area (Å²) in [6.07, 6.45) is 1.41. The van der Waals surface area contributed by atoms with Crippen molar-refractivity contribution in [2.75, 3.05) is 0 Å². The van der Waals surface area contributed by atoms with Gasteiger partial charge in [0, 0.05) is 0 Å². The van der Waals surface area contributed by atoms with E-state index >= 15 is 0 Å². The van der Waals surface area contributed by atoms with E-state index in [9.17, 15) is 8.42 Å². The number of hydrogen-bond donors (Lipinski definition) is 1. The predicted octanol–water partition coefficient (Wildman–Crippen LogP) is 2.11. The van der Waals surface area contributed by atoms with Gasteiger partial charge in [0.2, 0.25) is 0 Å². The lowest BCUT2D eigenvalue weighted by Crippen LogP contribution is -2.17. The van der Waals surface area contributed by atoms with Crippen LogP contribution in [-0.2, 0) is 10.0 Å². The minimum absolute atomic E-state index is 0.0729. The lowest BCUT2D eigenvalue weighted by atomic mass is 10.1. The molecule has 0 heterocycles. The Morgan fingerprint density at radius 3 is 2.00 bits per heavy atom. The number of sulfonamides is 1. The van der Waals surface area contributed by atoms with Crippen LogP contribution >= 0.6 is 0 Å². The molecule has 2 aromatic rings. The molecule has 2 aromatic carbocycles. The van der Waals surface area contributed by atoms with Gasteiger partial charge in [-0.2, -0.15) is 5.26 Å². The first kappa shape index (κ1) is 12.1. The highest BCUT2D eigenvalue weighted by molar-refractivity contribution is 7.89. The van der Waals surface area contributed by atoms with Gasteiger partial charge in [-0.3, -0.25) is 0 Å². The van der Waals surface area contributed by atoms with Crippen molar-refractivity contribution in [2.45, 2.75) is 4.90 Å². The molecule has 0 aromatic heterocycles. The molecular formula is C13H10N2O2S. The molecule has 0 fully saturated rings. The summed E-state index contributed by atoms with van der Waals surface area (Å²) in [5, 5.41) is 8.36.